The minimum atomic E-state index is 0.638. The fraction of sp³-hybridized carbons (Fsp3) is 0.625. The van der Waals surface area contributed by atoms with Crippen LogP contribution in [0, 0.1) is 0 Å². The Labute approximate surface area is 131 Å². The highest BCUT2D eigenvalue weighted by atomic mass is 35.5. The van der Waals surface area contributed by atoms with Crippen LogP contribution in [0.15, 0.2) is 18.2 Å². The molecular weight excluding hydrogens is 286 g/mol. The zero-order chi connectivity index (χ0) is 14.7. The molecule has 0 saturated carbocycles. The van der Waals surface area contributed by atoms with Gasteiger partial charge in [-0.2, -0.15) is 0 Å². The monoisotopic (exact) mass is 309 g/mol. The van der Waals surface area contributed by atoms with Gasteiger partial charge in [0.15, 0.2) is 0 Å². The number of morpholine rings is 1. The van der Waals surface area contributed by atoms with Crippen molar-refractivity contribution in [1.29, 1.82) is 0 Å². The standard InChI is InChI=1S/C16H24ClN3O/c17-14-2-1-13(3-5-18)16(11-14)20-6-4-15(12-20)19-7-9-21-10-8-19/h1-2,11,15H,3-10,12,18H2. The SMILES string of the molecule is NCCc1ccc(Cl)cc1N1CCC(N2CCOCC2)C1. The Hall–Kier alpha value is -0.810. The Morgan fingerprint density at radius 1 is 1.24 bits per heavy atom. The van der Waals surface area contributed by atoms with Crippen molar-refractivity contribution in [3.05, 3.63) is 28.8 Å². The topological polar surface area (TPSA) is 41.7 Å². The van der Waals surface area contributed by atoms with E-state index in [9.17, 15) is 0 Å². The van der Waals surface area contributed by atoms with E-state index in [2.05, 4.69) is 21.9 Å². The molecule has 0 aliphatic carbocycles. The maximum atomic E-state index is 6.20. The number of ether oxygens (including phenoxy) is 1. The molecule has 21 heavy (non-hydrogen) atoms. The van der Waals surface area contributed by atoms with E-state index in [1.54, 1.807) is 0 Å². The van der Waals surface area contributed by atoms with Crippen LogP contribution in [0.2, 0.25) is 5.02 Å². The molecule has 2 heterocycles. The summed E-state index contributed by atoms with van der Waals surface area (Å²) in [6.07, 6.45) is 2.12. The highest BCUT2D eigenvalue weighted by Crippen LogP contribution is 2.29. The van der Waals surface area contributed by atoms with Crippen LogP contribution in [0.4, 0.5) is 5.69 Å². The van der Waals surface area contributed by atoms with E-state index in [4.69, 9.17) is 22.1 Å². The maximum absolute atomic E-state index is 6.20. The number of halogens is 1. The van der Waals surface area contributed by atoms with Crippen molar-refractivity contribution in [2.45, 2.75) is 18.9 Å². The summed E-state index contributed by atoms with van der Waals surface area (Å²) in [6, 6.07) is 6.81. The fourth-order valence-corrected chi connectivity index (χ4v) is 3.57. The van der Waals surface area contributed by atoms with Crippen LogP contribution in [0.3, 0.4) is 0 Å². The molecule has 0 aromatic heterocycles. The number of nitrogens with two attached hydrogens (primary N) is 1. The first kappa shape index (κ1) is 15.1. The molecule has 2 saturated heterocycles. The Balaban J connectivity index is 1.71. The van der Waals surface area contributed by atoms with Gasteiger partial charge in [-0.1, -0.05) is 17.7 Å². The normalized spacial score (nSPS) is 23.7. The highest BCUT2D eigenvalue weighted by molar-refractivity contribution is 6.30. The first-order chi connectivity index (χ1) is 10.3. The third-order valence-corrected chi connectivity index (χ3v) is 4.76. The number of hydrogen-bond acceptors (Lipinski definition) is 4. The van der Waals surface area contributed by atoms with Gasteiger partial charge in [0.2, 0.25) is 0 Å². The van der Waals surface area contributed by atoms with Gasteiger partial charge in [0, 0.05) is 42.9 Å². The zero-order valence-electron chi connectivity index (χ0n) is 12.4. The summed E-state index contributed by atoms with van der Waals surface area (Å²) in [5, 5.41) is 0.806. The summed E-state index contributed by atoms with van der Waals surface area (Å²) in [4.78, 5) is 5.04. The smallest absolute Gasteiger partial charge is 0.0594 e. The van der Waals surface area contributed by atoms with Crippen molar-refractivity contribution in [3.63, 3.8) is 0 Å². The maximum Gasteiger partial charge on any atom is 0.0594 e. The molecule has 5 heteroatoms. The first-order valence-corrected chi connectivity index (χ1v) is 8.21. The zero-order valence-corrected chi connectivity index (χ0v) is 13.2. The van der Waals surface area contributed by atoms with Crippen LogP contribution in [0.25, 0.3) is 0 Å². The summed E-state index contributed by atoms with van der Waals surface area (Å²) in [6.45, 7) is 6.71. The number of rotatable bonds is 4. The summed E-state index contributed by atoms with van der Waals surface area (Å²) in [5.41, 5.74) is 8.31. The molecule has 2 aliphatic rings. The molecule has 1 aromatic carbocycles. The third-order valence-electron chi connectivity index (χ3n) is 4.53. The molecule has 0 bridgehead atoms. The van der Waals surface area contributed by atoms with Crippen molar-refractivity contribution in [3.8, 4) is 0 Å². The summed E-state index contributed by atoms with van der Waals surface area (Å²) in [7, 11) is 0. The van der Waals surface area contributed by atoms with Gasteiger partial charge in [-0.3, -0.25) is 4.90 Å². The molecule has 1 aromatic rings. The quantitative estimate of drug-likeness (QED) is 0.920. The molecule has 2 fully saturated rings. The van der Waals surface area contributed by atoms with Gasteiger partial charge in [-0.25, -0.2) is 0 Å². The lowest BCUT2D eigenvalue weighted by atomic mass is 10.1. The summed E-state index contributed by atoms with van der Waals surface area (Å²) in [5.74, 6) is 0. The molecule has 116 valence electrons. The van der Waals surface area contributed by atoms with E-state index in [0.717, 1.165) is 50.8 Å². The molecule has 2 aliphatic heterocycles. The van der Waals surface area contributed by atoms with Crippen LogP contribution in [-0.2, 0) is 11.2 Å². The van der Waals surface area contributed by atoms with Crippen LogP contribution in [0.5, 0.6) is 0 Å². The minimum Gasteiger partial charge on any atom is -0.379 e. The van der Waals surface area contributed by atoms with Crippen molar-refractivity contribution in [2.24, 2.45) is 5.73 Å². The Bertz CT molecular complexity index is 477. The minimum absolute atomic E-state index is 0.638. The molecule has 4 nitrogen and oxygen atoms in total. The largest absolute Gasteiger partial charge is 0.379 e. The molecule has 1 atom stereocenters. The predicted molar refractivity (Wildman–Crippen MR) is 87.2 cm³/mol. The lowest BCUT2D eigenvalue weighted by molar-refractivity contribution is 0.0209. The molecule has 1 unspecified atom stereocenters. The predicted octanol–water partition coefficient (Wildman–Crippen LogP) is 1.75. The van der Waals surface area contributed by atoms with Crippen molar-refractivity contribution in [2.75, 3.05) is 50.8 Å². The van der Waals surface area contributed by atoms with Crippen LogP contribution < -0.4 is 10.6 Å². The summed E-state index contributed by atoms with van der Waals surface area (Å²) < 4.78 is 5.45. The van der Waals surface area contributed by atoms with Crippen LogP contribution in [-0.4, -0.2) is 56.9 Å². The van der Waals surface area contributed by atoms with E-state index in [0.29, 0.717) is 12.6 Å². The number of benzene rings is 1. The van der Waals surface area contributed by atoms with Gasteiger partial charge in [-0.05, 0) is 37.1 Å². The van der Waals surface area contributed by atoms with E-state index in [-0.39, 0.29) is 0 Å². The van der Waals surface area contributed by atoms with Crippen LogP contribution >= 0.6 is 11.6 Å². The van der Waals surface area contributed by atoms with Crippen molar-refractivity contribution < 1.29 is 4.74 Å². The third kappa shape index (κ3) is 3.51. The van der Waals surface area contributed by atoms with Crippen molar-refractivity contribution >= 4 is 17.3 Å². The number of anilines is 1. The van der Waals surface area contributed by atoms with E-state index in [1.807, 2.05) is 6.07 Å². The van der Waals surface area contributed by atoms with Gasteiger partial charge in [-0.15, -0.1) is 0 Å². The van der Waals surface area contributed by atoms with E-state index >= 15 is 0 Å². The Morgan fingerprint density at radius 3 is 2.81 bits per heavy atom. The number of hydrogen-bond donors (Lipinski definition) is 1. The number of nitrogens with zero attached hydrogens (tertiary/aromatic N) is 2. The molecule has 0 amide bonds. The van der Waals surface area contributed by atoms with Gasteiger partial charge in [0.25, 0.3) is 0 Å². The van der Waals surface area contributed by atoms with E-state index < -0.39 is 0 Å². The lowest BCUT2D eigenvalue weighted by Gasteiger charge is -2.32. The second-order valence-corrected chi connectivity index (χ2v) is 6.29. The summed E-state index contributed by atoms with van der Waals surface area (Å²) >= 11 is 6.20. The molecule has 0 spiro atoms. The molecule has 2 N–H and O–H groups in total. The Morgan fingerprint density at radius 2 is 2.05 bits per heavy atom. The molecular formula is C16H24ClN3O. The average Bonchev–Trinajstić information content (AvgIpc) is 3.00. The van der Waals surface area contributed by atoms with Gasteiger partial charge < -0.3 is 15.4 Å². The van der Waals surface area contributed by atoms with Crippen molar-refractivity contribution in [1.82, 2.24) is 4.90 Å². The van der Waals surface area contributed by atoms with Gasteiger partial charge >= 0.3 is 0 Å². The average molecular weight is 310 g/mol. The van der Waals surface area contributed by atoms with Gasteiger partial charge in [0.05, 0.1) is 13.2 Å². The fourth-order valence-electron chi connectivity index (χ4n) is 3.40. The van der Waals surface area contributed by atoms with Crippen LogP contribution in [0.1, 0.15) is 12.0 Å². The molecule has 0 radical (unpaired) electrons. The second-order valence-electron chi connectivity index (χ2n) is 5.85. The van der Waals surface area contributed by atoms with E-state index in [1.165, 1.54) is 17.7 Å². The second kappa shape index (κ2) is 6.97. The first-order valence-electron chi connectivity index (χ1n) is 7.83. The van der Waals surface area contributed by atoms with Gasteiger partial charge in [0.1, 0.15) is 0 Å². The molecule has 3 rings (SSSR count). The Kier molecular flexibility index (Phi) is 5.01. The highest BCUT2D eigenvalue weighted by Gasteiger charge is 2.29. The lowest BCUT2D eigenvalue weighted by Crippen LogP contribution is -2.44.